The van der Waals surface area contributed by atoms with E-state index >= 15 is 0 Å². The molecule has 0 aliphatic carbocycles. The Morgan fingerprint density at radius 1 is 0.875 bits per heavy atom. The molecule has 0 spiro atoms. The summed E-state index contributed by atoms with van der Waals surface area (Å²) in [6.07, 6.45) is 0. The summed E-state index contributed by atoms with van der Waals surface area (Å²) < 4.78 is 10.5. The highest BCUT2D eigenvalue weighted by atomic mass is 32.2. The van der Waals surface area contributed by atoms with Crippen molar-refractivity contribution in [2.24, 2.45) is 0 Å². The number of hydrogen-bond acceptors (Lipinski definition) is 5. The molecule has 2 N–H and O–H groups in total. The van der Waals surface area contributed by atoms with Crippen LogP contribution in [0.4, 0.5) is 11.4 Å². The molecule has 3 rings (SSSR count). The average molecular weight is 451 g/mol. The number of ether oxygens (including phenoxy) is 2. The molecule has 0 unspecified atom stereocenters. The van der Waals surface area contributed by atoms with Crippen molar-refractivity contribution in [1.29, 1.82) is 0 Å². The third-order valence-corrected chi connectivity index (χ3v) is 5.98. The number of hydrogen-bond donors (Lipinski definition) is 2. The Morgan fingerprint density at radius 2 is 1.62 bits per heavy atom. The maximum Gasteiger partial charge on any atom is 0.255 e. The van der Waals surface area contributed by atoms with Crippen molar-refractivity contribution in [3.63, 3.8) is 0 Å². The fraction of sp³-hybridized carbons (Fsp3) is 0.200. The molecular formula is C25H26N2O4S. The minimum absolute atomic E-state index is 0.0801. The molecule has 0 heterocycles. The van der Waals surface area contributed by atoms with E-state index in [1.54, 1.807) is 31.4 Å². The third kappa shape index (κ3) is 5.82. The van der Waals surface area contributed by atoms with Gasteiger partial charge in [-0.15, -0.1) is 11.8 Å². The van der Waals surface area contributed by atoms with Gasteiger partial charge in [0.1, 0.15) is 0 Å². The number of thioether (sulfide) groups is 1. The summed E-state index contributed by atoms with van der Waals surface area (Å²) >= 11 is 1.41. The minimum atomic E-state index is -0.263. The van der Waals surface area contributed by atoms with Gasteiger partial charge < -0.3 is 20.1 Å². The van der Waals surface area contributed by atoms with Crippen molar-refractivity contribution < 1.29 is 19.1 Å². The monoisotopic (exact) mass is 450 g/mol. The molecule has 166 valence electrons. The van der Waals surface area contributed by atoms with Gasteiger partial charge in [-0.3, -0.25) is 9.59 Å². The van der Waals surface area contributed by atoms with E-state index in [-0.39, 0.29) is 17.6 Å². The molecule has 6 nitrogen and oxygen atoms in total. The van der Waals surface area contributed by atoms with Crippen LogP contribution in [0.1, 0.15) is 21.5 Å². The molecule has 0 saturated heterocycles. The van der Waals surface area contributed by atoms with E-state index in [1.807, 2.05) is 50.2 Å². The second-order valence-electron chi connectivity index (χ2n) is 7.14. The van der Waals surface area contributed by atoms with Crippen LogP contribution in [0.2, 0.25) is 0 Å². The van der Waals surface area contributed by atoms with Gasteiger partial charge in [-0.2, -0.15) is 0 Å². The summed E-state index contributed by atoms with van der Waals surface area (Å²) in [6, 6.07) is 18.2. The number of carbonyl (C=O) groups excluding carboxylic acids is 2. The predicted molar refractivity (Wildman–Crippen MR) is 129 cm³/mol. The lowest BCUT2D eigenvalue weighted by molar-refractivity contribution is -0.113. The highest BCUT2D eigenvalue weighted by Gasteiger charge is 2.12. The topological polar surface area (TPSA) is 76.7 Å². The Morgan fingerprint density at radius 3 is 2.38 bits per heavy atom. The molecule has 0 atom stereocenters. The Labute approximate surface area is 192 Å². The SMILES string of the molecule is COc1ccc(C(=O)Nc2cccc(SCC(=O)Nc3cccc(C)c3C)c2)cc1OC. The van der Waals surface area contributed by atoms with Crippen molar-refractivity contribution in [2.45, 2.75) is 18.7 Å². The summed E-state index contributed by atoms with van der Waals surface area (Å²) in [6.45, 7) is 4.00. The van der Waals surface area contributed by atoms with Crippen molar-refractivity contribution in [2.75, 3.05) is 30.6 Å². The Hall–Kier alpha value is -3.45. The van der Waals surface area contributed by atoms with E-state index in [1.165, 1.54) is 18.9 Å². The van der Waals surface area contributed by atoms with Crippen LogP contribution >= 0.6 is 11.8 Å². The van der Waals surface area contributed by atoms with Gasteiger partial charge in [-0.05, 0) is 67.4 Å². The normalized spacial score (nSPS) is 10.4. The van der Waals surface area contributed by atoms with E-state index in [2.05, 4.69) is 10.6 Å². The van der Waals surface area contributed by atoms with Crippen molar-refractivity contribution >= 4 is 35.0 Å². The molecule has 2 amide bonds. The molecule has 32 heavy (non-hydrogen) atoms. The molecule has 0 aliphatic heterocycles. The first-order valence-electron chi connectivity index (χ1n) is 10.0. The van der Waals surface area contributed by atoms with E-state index in [9.17, 15) is 9.59 Å². The van der Waals surface area contributed by atoms with Crippen LogP contribution in [-0.4, -0.2) is 31.8 Å². The Bertz CT molecular complexity index is 1130. The molecule has 0 fully saturated rings. The Balaban J connectivity index is 1.61. The lowest BCUT2D eigenvalue weighted by atomic mass is 10.1. The number of benzene rings is 3. The average Bonchev–Trinajstić information content (AvgIpc) is 2.80. The first-order valence-corrected chi connectivity index (χ1v) is 11.0. The molecule has 0 aliphatic rings. The second-order valence-corrected chi connectivity index (χ2v) is 8.18. The summed E-state index contributed by atoms with van der Waals surface area (Å²) in [5.41, 5.74) is 4.11. The first-order chi connectivity index (χ1) is 15.4. The van der Waals surface area contributed by atoms with Crippen molar-refractivity contribution in [3.8, 4) is 11.5 Å². The van der Waals surface area contributed by atoms with Crippen LogP contribution in [-0.2, 0) is 4.79 Å². The van der Waals surface area contributed by atoms with E-state index in [0.29, 0.717) is 22.7 Å². The van der Waals surface area contributed by atoms with Gasteiger partial charge in [0.05, 0.1) is 20.0 Å². The molecule has 0 aromatic heterocycles. The second kappa shape index (κ2) is 10.7. The number of methoxy groups -OCH3 is 2. The lowest BCUT2D eigenvalue weighted by Gasteiger charge is -2.11. The van der Waals surface area contributed by atoms with Crippen LogP contribution < -0.4 is 20.1 Å². The van der Waals surface area contributed by atoms with Crippen LogP contribution in [0.5, 0.6) is 11.5 Å². The summed E-state index contributed by atoms with van der Waals surface area (Å²) in [5.74, 6) is 0.964. The van der Waals surface area contributed by atoms with Crippen molar-refractivity contribution in [1.82, 2.24) is 0 Å². The zero-order chi connectivity index (χ0) is 23.1. The largest absolute Gasteiger partial charge is 0.493 e. The highest BCUT2D eigenvalue weighted by molar-refractivity contribution is 8.00. The maximum atomic E-state index is 12.6. The Kier molecular flexibility index (Phi) is 7.78. The summed E-state index contributed by atoms with van der Waals surface area (Å²) in [7, 11) is 3.07. The fourth-order valence-corrected chi connectivity index (χ4v) is 3.82. The van der Waals surface area contributed by atoms with Gasteiger partial charge in [0, 0.05) is 21.8 Å². The summed E-state index contributed by atoms with van der Waals surface area (Å²) in [4.78, 5) is 25.9. The number of amides is 2. The highest BCUT2D eigenvalue weighted by Crippen LogP contribution is 2.28. The van der Waals surface area contributed by atoms with E-state index in [0.717, 1.165) is 21.7 Å². The zero-order valence-electron chi connectivity index (χ0n) is 18.5. The molecule has 0 bridgehead atoms. The van der Waals surface area contributed by atoms with Gasteiger partial charge >= 0.3 is 0 Å². The number of nitrogens with one attached hydrogen (secondary N) is 2. The van der Waals surface area contributed by atoms with Gasteiger partial charge in [-0.1, -0.05) is 18.2 Å². The number of rotatable bonds is 8. The van der Waals surface area contributed by atoms with Gasteiger partial charge in [-0.25, -0.2) is 0 Å². The van der Waals surface area contributed by atoms with E-state index in [4.69, 9.17) is 9.47 Å². The standard InChI is InChI=1S/C25H26N2O4S/c1-16-7-5-10-21(17(16)2)27-24(28)15-32-20-9-6-8-19(14-20)26-25(29)18-11-12-22(30-3)23(13-18)31-4/h5-14H,15H2,1-4H3,(H,26,29)(H,27,28). The molecular weight excluding hydrogens is 424 g/mol. The smallest absolute Gasteiger partial charge is 0.255 e. The molecule has 0 radical (unpaired) electrons. The van der Waals surface area contributed by atoms with Gasteiger partial charge in [0.25, 0.3) is 5.91 Å². The lowest BCUT2D eigenvalue weighted by Crippen LogP contribution is -2.15. The quantitative estimate of drug-likeness (QED) is 0.455. The maximum absolute atomic E-state index is 12.6. The van der Waals surface area contributed by atoms with Crippen LogP contribution in [0.25, 0.3) is 0 Å². The third-order valence-electron chi connectivity index (χ3n) is 4.99. The van der Waals surface area contributed by atoms with Crippen LogP contribution in [0.15, 0.2) is 65.6 Å². The van der Waals surface area contributed by atoms with Gasteiger partial charge in [0.15, 0.2) is 11.5 Å². The zero-order valence-corrected chi connectivity index (χ0v) is 19.3. The molecule has 3 aromatic rings. The van der Waals surface area contributed by atoms with E-state index < -0.39 is 0 Å². The predicted octanol–water partition coefficient (Wildman–Crippen LogP) is 5.30. The molecule has 0 saturated carbocycles. The fourth-order valence-electron chi connectivity index (χ4n) is 3.07. The minimum Gasteiger partial charge on any atom is -0.493 e. The number of aryl methyl sites for hydroxylation is 1. The van der Waals surface area contributed by atoms with Crippen molar-refractivity contribution in [3.05, 3.63) is 77.4 Å². The molecule has 7 heteroatoms. The van der Waals surface area contributed by atoms with Crippen LogP contribution in [0, 0.1) is 13.8 Å². The van der Waals surface area contributed by atoms with Gasteiger partial charge in [0.2, 0.25) is 5.91 Å². The molecule has 3 aromatic carbocycles. The first kappa shape index (κ1) is 23.2. The number of anilines is 2. The summed E-state index contributed by atoms with van der Waals surface area (Å²) in [5, 5.41) is 5.84. The number of carbonyl (C=O) groups is 2. The van der Waals surface area contributed by atoms with Crippen LogP contribution in [0.3, 0.4) is 0 Å².